The zero-order valence-electron chi connectivity index (χ0n) is 8.94. The van der Waals surface area contributed by atoms with Crippen molar-refractivity contribution >= 4 is 27.3 Å². The lowest BCUT2D eigenvalue weighted by Gasteiger charge is -2.06. The van der Waals surface area contributed by atoms with Gasteiger partial charge in [-0.3, -0.25) is 4.79 Å². The molecule has 2 N–H and O–H groups in total. The first kappa shape index (κ1) is 10.8. The summed E-state index contributed by atoms with van der Waals surface area (Å²) in [5.74, 6) is 0.871. The molecule has 0 radical (unpaired) electrons. The van der Waals surface area contributed by atoms with Gasteiger partial charge in [-0.2, -0.15) is 0 Å². The van der Waals surface area contributed by atoms with Crippen molar-refractivity contribution in [2.24, 2.45) is 5.73 Å². The van der Waals surface area contributed by atoms with Crippen LogP contribution in [-0.2, 0) is 0 Å². The summed E-state index contributed by atoms with van der Waals surface area (Å²) in [4.78, 5) is 11.6. The molecule has 2 rings (SSSR count). The van der Waals surface area contributed by atoms with Crippen LogP contribution >= 0.6 is 11.3 Å². The van der Waals surface area contributed by atoms with Crippen LogP contribution in [0.5, 0.6) is 11.5 Å². The molecule has 0 saturated carbocycles. The van der Waals surface area contributed by atoms with Crippen LogP contribution in [-0.4, -0.2) is 20.1 Å². The molecule has 0 aliphatic rings. The SMILES string of the molecule is COc1cc2cc(C(N)=O)sc2cc1OC. The van der Waals surface area contributed by atoms with Gasteiger partial charge in [-0.05, 0) is 17.5 Å². The number of ether oxygens (including phenoxy) is 2. The highest BCUT2D eigenvalue weighted by Crippen LogP contribution is 2.36. The van der Waals surface area contributed by atoms with Gasteiger partial charge < -0.3 is 15.2 Å². The lowest BCUT2D eigenvalue weighted by Crippen LogP contribution is -2.07. The van der Waals surface area contributed by atoms with E-state index in [0.29, 0.717) is 16.4 Å². The van der Waals surface area contributed by atoms with E-state index in [1.807, 2.05) is 12.1 Å². The van der Waals surface area contributed by atoms with Crippen LogP contribution in [0.4, 0.5) is 0 Å². The molecule has 84 valence electrons. The standard InChI is InChI=1S/C11H11NO3S/c1-14-7-3-6-4-10(11(12)13)16-9(6)5-8(7)15-2/h3-5H,1-2H3,(H2,12,13). The molecule has 0 spiro atoms. The van der Waals surface area contributed by atoms with Gasteiger partial charge in [0.05, 0.1) is 19.1 Å². The molecule has 2 aromatic rings. The first-order chi connectivity index (χ1) is 7.65. The van der Waals surface area contributed by atoms with Gasteiger partial charge in [-0.1, -0.05) is 0 Å². The van der Waals surface area contributed by atoms with Crippen molar-refractivity contribution in [1.82, 2.24) is 0 Å². The second-order valence-corrected chi connectivity index (χ2v) is 4.30. The van der Waals surface area contributed by atoms with Crippen molar-refractivity contribution in [1.29, 1.82) is 0 Å². The molecule has 1 heterocycles. The van der Waals surface area contributed by atoms with E-state index in [2.05, 4.69) is 0 Å². The van der Waals surface area contributed by atoms with Crippen LogP contribution in [0.15, 0.2) is 18.2 Å². The Morgan fingerprint density at radius 2 is 1.81 bits per heavy atom. The van der Waals surface area contributed by atoms with E-state index in [4.69, 9.17) is 15.2 Å². The molecular formula is C11H11NO3S. The number of rotatable bonds is 3. The Labute approximate surface area is 96.6 Å². The van der Waals surface area contributed by atoms with Crippen LogP contribution in [0.3, 0.4) is 0 Å². The zero-order valence-corrected chi connectivity index (χ0v) is 9.76. The molecule has 0 atom stereocenters. The molecule has 0 bridgehead atoms. The summed E-state index contributed by atoms with van der Waals surface area (Å²) >= 11 is 1.34. The number of hydrogen-bond donors (Lipinski definition) is 1. The van der Waals surface area contributed by atoms with Gasteiger partial charge in [0.25, 0.3) is 5.91 Å². The minimum absolute atomic E-state index is 0.417. The number of thiophene rings is 1. The summed E-state index contributed by atoms with van der Waals surface area (Å²) in [6.45, 7) is 0. The first-order valence-electron chi connectivity index (χ1n) is 4.61. The highest BCUT2D eigenvalue weighted by Gasteiger charge is 2.11. The van der Waals surface area contributed by atoms with Crippen molar-refractivity contribution in [2.75, 3.05) is 14.2 Å². The normalized spacial score (nSPS) is 10.4. The number of amides is 1. The van der Waals surface area contributed by atoms with Gasteiger partial charge in [0.15, 0.2) is 11.5 Å². The molecule has 0 unspecified atom stereocenters. The summed E-state index contributed by atoms with van der Waals surface area (Å²) in [6.07, 6.45) is 0. The summed E-state index contributed by atoms with van der Waals surface area (Å²) in [5.41, 5.74) is 5.23. The number of methoxy groups -OCH3 is 2. The number of carbonyl (C=O) groups excluding carboxylic acids is 1. The van der Waals surface area contributed by atoms with E-state index in [-0.39, 0.29) is 0 Å². The number of carbonyl (C=O) groups is 1. The number of nitrogens with two attached hydrogens (primary N) is 1. The Bertz CT molecular complexity index is 506. The Morgan fingerprint density at radius 1 is 1.19 bits per heavy atom. The highest BCUT2D eigenvalue weighted by molar-refractivity contribution is 7.20. The van der Waals surface area contributed by atoms with Gasteiger partial charge in [-0.15, -0.1) is 11.3 Å². The molecule has 1 aromatic carbocycles. The topological polar surface area (TPSA) is 61.5 Å². The second kappa shape index (κ2) is 4.02. The monoisotopic (exact) mass is 237 g/mol. The summed E-state index contributed by atoms with van der Waals surface area (Å²) in [7, 11) is 3.15. The molecule has 1 amide bonds. The summed E-state index contributed by atoms with van der Waals surface area (Å²) < 4.78 is 11.3. The van der Waals surface area contributed by atoms with Crippen LogP contribution in [0.1, 0.15) is 9.67 Å². The van der Waals surface area contributed by atoms with Crippen LogP contribution < -0.4 is 15.2 Å². The Balaban J connectivity index is 2.64. The second-order valence-electron chi connectivity index (χ2n) is 3.22. The first-order valence-corrected chi connectivity index (χ1v) is 5.42. The predicted molar refractivity (Wildman–Crippen MR) is 63.4 cm³/mol. The van der Waals surface area contributed by atoms with Gasteiger partial charge in [0.2, 0.25) is 0 Å². The molecule has 5 heteroatoms. The van der Waals surface area contributed by atoms with E-state index in [0.717, 1.165) is 10.1 Å². The fourth-order valence-electron chi connectivity index (χ4n) is 1.49. The van der Waals surface area contributed by atoms with Gasteiger partial charge in [0.1, 0.15) is 0 Å². The van der Waals surface area contributed by atoms with E-state index in [1.165, 1.54) is 11.3 Å². The maximum absolute atomic E-state index is 11.0. The van der Waals surface area contributed by atoms with Gasteiger partial charge >= 0.3 is 0 Å². The lowest BCUT2D eigenvalue weighted by molar-refractivity contribution is 0.100. The van der Waals surface area contributed by atoms with Crippen molar-refractivity contribution in [3.05, 3.63) is 23.1 Å². The fourth-order valence-corrected chi connectivity index (χ4v) is 2.41. The summed E-state index contributed by atoms with van der Waals surface area (Å²) in [6, 6.07) is 5.42. The summed E-state index contributed by atoms with van der Waals surface area (Å²) in [5, 5.41) is 0.927. The van der Waals surface area contributed by atoms with Crippen molar-refractivity contribution in [3.8, 4) is 11.5 Å². The van der Waals surface area contributed by atoms with Crippen LogP contribution in [0.25, 0.3) is 10.1 Å². The molecule has 1 aromatic heterocycles. The predicted octanol–water partition coefficient (Wildman–Crippen LogP) is 2.02. The molecule has 0 fully saturated rings. The third kappa shape index (κ3) is 1.69. The average molecular weight is 237 g/mol. The van der Waals surface area contributed by atoms with E-state index < -0.39 is 5.91 Å². The average Bonchev–Trinajstić information content (AvgIpc) is 2.69. The fraction of sp³-hybridized carbons (Fsp3) is 0.182. The van der Waals surface area contributed by atoms with Crippen molar-refractivity contribution in [3.63, 3.8) is 0 Å². The largest absolute Gasteiger partial charge is 0.493 e. The number of hydrogen-bond acceptors (Lipinski definition) is 4. The molecule has 16 heavy (non-hydrogen) atoms. The molecule has 0 aliphatic heterocycles. The Kier molecular flexibility index (Phi) is 2.70. The third-order valence-corrected chi connectivity index (χ3v) is 3.38. The van der Waals surface area contributed by atoms with E-state index in [1.54, 1.807) is 20.3 Å². The smallest absolute Gasteiger partial charge is 0.258 e. The van der Waals surface area contributed by atoms with Crippen molar-refractivity contribution in [2.45, 2.75) is 0 Å². The van der Waals surface area contributed by atoms with Gasteiger partial charge in [-0.25, -0.2) is 0 Å². The van der Waals surface area contributed by atoms with E-state index >= 15 is 0 Å². The van der Waals surface area contributed by atoms with Gasteiger partial charge in [0, 0.05) is 10.8 Å². The molecular weight excluding hydrogens is 226 g/mol. The molecule has 4 nitrogen and oxygen atoms in total. The minimum Gasteiger partial charge on any atom is -0.493 e. The quantitative estimate of drug-likeness (QED) is 0.888. The van der Waals surface area contributed by atoms with Crippen LogP contribution in [0.2, 0.25) is 0 Å². The highest BCUT2D eigenvalue weighted by atomic mass is 32.1. The number of primary amides is 1. The van der Waals surface area contributed by atoms with Crippen molar-refractivity contribution < 1.29 is 14.3 Å². The third-order valence-electron chi connectivity index (χ3n) is 2.27. The molecule has 0 aliphatic carbocycles. The maximum Gasteiger partial charge on any atom is 0.258 e. The number of benzene rings is 1. The Morgan fingerprint density at radius 3 is 2.38 bits per heavy atom. The zero-order chi connectivity index (χ0) is 11.7. The maximum atomic E-state index is 11.0. The molecule has 0 saturated heterocycles. The number of fused-ring (bicyclic) bond motifs is 1. The van der Waals surface area contributed by atoms with E-state index in [9.17, 15) is 4.79 Å². The Hall–Kier alpha value is -1.75. The van der Waals surface area contributed by atoms with Crippen LogP contribution in [0, 0.1) is 0 Å². The minimum atomic E-state index is -0.417. The lowest BCUT2D eigenvalue weighted by atomic mass is 10.2.